The monoisotopic (exact) mass is 334 g/mol. The summed E-state index contributed by atoms with van der Waals surface area (Å²) in [5, 5.41) is 29.9. The van der Waals surface area contributed by atoms with E-state index >= 15 is 0 Å². The summed E-state index contributed by atoms with van der Waals surface area (Å²) in [5.41, 5.74) is 2.69. The van der Waals surface area contributed by atoms with E-state index in [1.54, 1.807) is 24.3 Å². The number of phenolic OH excluding ortho intramolecular Hbond substituents is 1. The van der Waals surface area contributed by atoms with Gasteiger partial charge in [0.25, 0.3) is 0 Å². The molecule has 1 aliphatic heterocycles. The van der Waals surface area contributed by atoms with Crippen molar-refractivity contribution in [1.29, 1.82) is 0 Å². The van der Waals surface area contributed by atoms with E-state index < -0.39 is 18.3 Å². The SMILES string of the molecule is Oc1cccc(Cc2cc([C@@H]3OCC(O)CC3O)ccc2Cl)c1. The van der Waals surface area contributed by atoms with E-state index in [-0.39, 0.29) is 12.4 Å². The number of halogens is 1. The van der Waals surface area contributed by atoms with Crippen LogP contribution >= 0.6 is 11.6 Å². The molecule has 1 fully saturated rings. The Morgan fingerprint density at radius 1 is 1.13 bits per heavy atom. The van der Waals surface area contributed by atoms with Gasteiger partial charge in [0.2, 0.25) is 0 Å². The lowest BCUT2D eigenvalue weighted by atomic mass is 9.94. The number of aliphatic hydroxyl groups excluding tert-OH is 2. The molecular formula is C18H19ClO4. The van der Waals surface area contributed by atoms with E-state index in [4.69, 9.17) is 16.3 Å². The van der Waals surface area contributed by atoms with Gasteiger partial charge in [-0.05, 0) is 41.3 Å². The van der Waals surface area contributed by atoms with Crippen LogP contribution in [0, 0.1) is 0 Å². The van der Waals surface area contributed by atoms with Crippen LogP contribution < -0.4 is 0 Å². The highest BCUT2D eigenvalue weighted by atomic mass is 35.5. The Hall–Kier alpha value is -1.59. The van der Waals surface area contributed by atoms with Crippen molar-refractivity contribution in [3.63, 3.8) is 0 Å². The Balaban J connectivity index is 1.84. The Morgan fingerprint density at radius 2 is 1.96 bits per heavy atom. The molecule has 3 rings (SSSR count). The molecule has 2 aromatic carbocycles. The first kappa shape index (κ1) is 16.3. The zero-order chi connectivity index (χ0) is 16.4. The van der Waals surface area contributed by atoms with Crippen molar-refractivity contribution in [2.75, 3.05) is 6.61 Å². The van der Waals surface area contributed by atoms with E-state index in [0.717, 1.165) is 16.7 Å². The predicted octanol–water partition coefficient (Wildman–Crippen LogP) is 2.82. The molecule has 1 heterocycles. The van der Waals surface area contributed by atoms with E-state index in [9.17, 15) is 15.3 Å². The van der Waals surface area contributed by atoms with Crippen LogP contribution in [0.2, 0.25) is 5.02 Å². The van der Waals surface area contributed by atoms with Crippen molar-refractivity contribution >= 4 is 11.6 Å². The average Bonchev–Trinajstić information content (AvgIpc) is 2.50. The molecule has 4 nitrogen and oxygen atoms in total. The van der Waals surface area contributed by atoms with Gasteiger partial charge in [-0.25, -0.2) is 0 Å². The quantitative estimate of drug-likeness (QED) is 0.807. The van der Waals surface area contributed by atoms with Crippen LogP contribution in [0.4, 0.5) is 0 Å². The predicted molar refractivity (Wildman–Crippen MR) is 87.7 cm³/mol. The van der Waals surface area contributed by atoms with Gasteiger partial charge < -0.3 is 20.1 Å². The van der Waals surface area contributed by atoms with Crippen molar-refractivity contribution < 1.29 is 20.1 Å². The largest absolute Gasteiger partial charge is 0.508 e. The first-order chi connectivity index (χ1) is 11.0. The summed E-state index contributed by atoms with van der Waals surface area (Å²) in [6.45, 7) is 0.215. The molecule has 0 aliphatic carbocycles. The maximum absolute atomic E-state index is 10.1. The molecule has 0 spiro atoms. The summed E-state index contributed by atoms with van der Waals surface area (Å²) in [4.78, 5) is 0. The van der Waals surface area contributed by atoms with E-state index in [1.165, 1.54) is 0 Å². The third kappa shape index (κ3) is 3.85. The van der Waals surface area contributed by atoms with Gasteiger partial charge in [0.1, 0.15) is 11.9 Å². The van der Waals surface area contributed by atoms with Crippen LogP contribution in [-0.4, -0.2) is 34.1 Å². The van der Waals surface area contributed by atoms with Gasteiger partial charge >= 0.3 is 0 Å². The summed E-state index contributed by atoms with van der Waals surface area (Å²) in [5.74, 6) is 0.217. The fraction of sp³-hybridized carbons (Fsp3) is 0.333. The molecule has 5 heteroatoms. The number of hydrogen-bond donors (Lipinski definition) is 3. The summed E-state index contributed by atoms with van der Waals surface area (Å²) >= 11 is 6.28. The molecule has 23 heavy (non-hydrogen) atoms. The minimum absolute atomic E-state index is 0.215. The van der Waals surface area contributed by atoms with Gasteiger partial charge in [0.05, 0.1) is 18.8 Å². The highest BCUT2D eigenvalue weighted by Crippen LogP contribution is 2.31. The highest BCUT2D eigenvalue weighted by molar-refractivity contribution is 6.31. The Morgan fingerprint density at radius 3 is 2.70 bits per heavy atom. The zero-order valence-corrected chi connectivity index (χ0v) is 13.3. The zero-order valence-electron chi connectivity index (χ0n) is 12.5. The van der Waals surface area contributed by atoms with Crippen LogP contribution in [0.5, 0.6) is 5.75 Å². The van der Waals surface area contributed by atoms with Crippen LogP contribution in [0.15, 0.2) is 42.5 Å². The molecule has 3 atom stereocenters. The summed E-state index contributed by atoms with van der Waals surface area (Å²) in [6.07, 6.45) is -0.950. The fourth-order valence-electron chi connectivity index (χ4n) is 2.91. The highest BCUT2D eigenvalue weighted by Gasteiger charge is 2.30. The lowest BCUT2D eigenvalue weighted by Gasteiger charge is -2.31. The van der Waals surface area contributed by atoms with Crippen LogP contribution in [-0.2, 0) is 11.2 Å². The minimum atomic E-state index is -0.742. The van der Waals surface area contributed by atoms with Crippen LogP contribution in [0.25, 0.3) is 0 Å². The molecule has 2 aromatic rings. The van der Waals surface area contributed by atoms with Crippen LogP contribution in [0.1, 0.15) is 29.2 Å². The maximum Gasteiger partial charge on any atom is 0.115 e. The van der Waals surface area contributed by atoms with Gasteiger partial charge in [-0.3, -0.25) is 0 Å². The number of rotatable bonds is 3. The summed E-state index contributed by atoms with van der Waals surface area (Å²) in [6, 6.07) is 12.6. The molecule has 0 aromatic heterocycles. The second-order valence-corrected chi connectivity index (χ2v) is 6.32. The molecular weight excluding hydrogens is 316 g/mol. The number of benzene rings is 2. The summed E-state index contributed by atoms with van der Waals surface area (Å²) in [7, 11) is 0. The lowest BCUT2D eigenvalue weighted by Crippen LogP contribution is -2.35. The lowest BCUT2D eigenvalue weighted by molar-refractivity contribution is -0.125. The third-order valence-electron chi connectivity index (χ3n) is 4.03. The average molecular weight is 335 g/mol. The topological polar surface area (TPSA) is 69.9 Å². The summed E-state index contributed by atoms with van der Waals surface area (Å²) < 4.78 is 5.57. The Labute approximate surface area is 139 Å². The molecule has 2 unspecified atom stereocenters. The number of phenols is 1. The molecule has 0 saturated carbocycles. The van der Waals surface area contributed by atoms with Crippen LogP contribution in [0.3, 0.4) is 0 Å². The molecule has 0 radical (unpaired) electrons. The van der Waals surface area contributed by atoms with Crippen molar-refractivity contribution in [3.8, 4) is 5.75 Å². The van der Waals surface area contributed by atoms with E-state index in [2.05, 4.69) is 0 Å². The van der Waals surface area contributed by atoms with Gasteiger partial charge in [-0.15, -0.1) is 0 Å². The Bertz CT molecular complexity index is 688. The third-order valence-corrected chi connectivity index (χ3v) is 4.40. The first-order valence-electron chi connectivity index (χ1n) is 7.57. The van der Waals surface area contributed by atoms with Gasteiger partial charge in [-0.1, -0.05) is 35.9 Å². The number of aromatic hydroxyl groups is 1. The first-order valence-corrected chi connectivity index (χ1v) is 7.94. The normalized spacial score (nSPS) is 24.6. The molecule has 1 aliphatic rings. The molecule has 1 saturated heterocycles. The van der Waals surface area contributed by atoms with Crippen molar-refractivity contribution in [2.24, 2.45) is 0 Å². The number of aliphatic hydroxyl groups is 2. The molecule has 0 amide bonds. The maximum atomic E-state index is 10.1. The second-order valence-electron chi connectivity index (χ2n) is 5.91. The molecule has 3 N–H and O–H groups in total. The fourth-order valence-corrected chi connectivity index (χ4v) is 3.09. The number of hydrogen-bond acceptors (Lipinski definition) is 4. The Kier molecular flexibility index (Phi) is 4.87. The van der Waals surface area contributed by atoms with E-state index in [0.29, 0.717) is 17.9 Å². The smallest absolute Gasteiger partial charge is 0.115 e. The van der Waals surface area contributed by atoms with Gasteiger partial charge in [0, 0.05) is 11.4 Å². The van der Waals surface area contributed by atoms with Gasteiger partial charge in [-0.2, -0.15) is 0 Å². The van der Waals surface area contributed by atoms with Crippen molar-refractivity contribution in [3.05, 3.63) is 64.2 Å². The molecule has 0 bridgehead atoms. The standard InChI is InChI=1S/C18H19ClO4/c19-16-5-4-12(18-17(22)9-15(21)10-23-18)8-13(16)6-11-2-1-3-14(20)7-11/h1-5,7-8,15,17-18,20-22H,6,9-10H2/t15?,17?,18-/m0/s1. The minimum Gasteiger partial charge on any atom is -0.508 e. The van der Waals surface area contributed by atoms with Gasteiger partial charge in [0.15, 0.2) is 0 Å². The van der Waals surface area contributed by atoms with Crippen molar-refractivity contribution in [1.82, 2.24) is 0 Å². The molecule has 122 valence electrons. The second kappa shape index (κ2) is 6.89. The number of ether oxygens (including phenoxy) is 1. The van der Waals surface area contributed by atoms with Crippen molar-refractivity contribution in [2.45, 2.75) is 31.2 Å². The van der Waals surface area contributed by atoms with E-state index in [1.807, 2.05) is 18.2 Å².